The lowest BCUT2D eigenvalue weighted by Crippen LogP contribution is -2.40. The first kappa shape index (κ1) is 14.3. The molecule has 1 fully saturated rings. The maximum absolute atomic E-state index is 12.0. The Balaban J connectivity index is 1.79. The molecule has 0 saturated heterocycles. The number of amides is 2. The molecule has 0 atom stereocenters. The largest absolute Gasteiger partial charge is 0.480 e. The van der Waals surface area contributed by atoms with Crippen molar-refractivity contribution in [1.29, 1.82) is 0 Å². The number of aliphatic carboxylic acids is 1. The Morgan fingerprint density at radius 1 is 1.55 bits per heavy atom. The molecular weight excluding hydrogens is 262 g/mol. The van der Waals surface area contributed by atoms with Crippen LogP contribution in [0.4, 0.5) is 4.79 Å². The Morgan fingerprint density at radius 3 is 2.90 bits per heavy atom. The summed E-state index contributed by atoms with van der Waals surface area (Å²) in [6.07, 6.45) is 3.92. The summed E-state index contributed by atoms with van der Waals surface area (Å²) in [5, 5.41) is 18.9. The van der Waals surface area contributed by atoms with Crippen molar-refractivity contribution < 1.29 is 14.7 Å². The standard InChI is InChI=1S/C12H19N5O3/c1-2-16(6-9-3-4-9)12(20)13-5-10-7-17(15-14-10)8-11(18)19/h7,9H,2-6,8H2,1H3,(H,13,20)(H,18,19). The Hall–Kier alpha value is -2.12. The van der Waals surface area contributed by atoms with E-state index in [9.17, 15) is 9.59 Å². The van der Waals surface area contributed by atoms with Crippen LogP contribution in [0.15, 0.2) is 6.20 Å². The van der Waals surface area contributed by atoms with E-state index in [1.165, 1.54) is 23.7 Å². The highest BCUT2D eigenvalue weighted by Gasteiger charge is 2.25. The van der Waals surface area contributed by atoms with Gasteiger partial charge in [0.1, 0.15) is 12.2 Å². The predicted molar refractivity (Wildman–Crippen MR) is 69.9 cm³/mol. The zero-order valence-corrected chi connectivity index (χ0v) is 11.4. The van der Waals surface area contributed by atoms with Crippen molar-refractivity contribution in [1.82, 2.24) is 25.2 Å². The number of urea groups is 1. The molecule has 0 aliphatic heterocycles. The Morgan fingerprint density at radius 2 is 2.30 bits per heavy atom. The number of carboxylic acid groups (broad SMARTS) is 1. The first-order valence-electron chi connectivity index (χ1n) is 6.72. The molecule has 8 heteroatoms. The van der Waals surface area contributed by atoms with Crippen molar-refractivity contribution in [3.05, 3.63) is 11.9 Å². The average Bonchev–Trinajstić information content (AvgIpc) is 3.12. The summed E-state index contributed by atoms with van der Waals surface area (Å²) in [6.45, 7) is 3.44. The molecule has 110 valence electrons. The predicted octanol–water partition coefficient (Wildman–Crippen LogP) is 0.304. The lowest BCUT2D eigenvalue weighted by atomic mass is 10.4. The molecule has 1 aliphatic rings. The molecular formula is C12H19N5O3. The summed E-state index contributed by atoms with van der Waals surface area (Å²) >= 11 is 0. The average molecular weight is 281 g/mol. The molecule has 2 N–H and O–H groups in total. The normalized spacial score (nSPS) is 14.1. The maximum atomic E-state index is 12.0. The molecule has 1 aromatic rings. The molecule has 2 amide bonds. The van der Waals surface area contributed by atoms with Gasteiger partial charge in [-0.25, -0.2) is 9.48 Å². The number of nitrogens with zero attached hydrogens (tertiary/aromatic N) is 4. The Bertz CT molecular complexity index is 483. The Labute approximate surface area is 116 Å². The molecule has 20 heavy (non-hydrogen) atoms. The summed E-state index contributed by atoms with van der Waals surface area (Å²) in [5.41, 5.74) is 0.544. The number of aromatic nitrogens is 3. The first-order chi connectivity index (χ1) is 9.58. The van der Waals surface area contributed by atoms with Gasteiger partial charge in [-0.2, -0.15) is 0 Å². The van der Waals surface area contributed by atoms with Gasteiger partial charge in [0.05, 0.1) is 12.7 Å². The van der Waals surface area contributed by atoms with Gasteiger partial charge < -0.3 is 15.3 Å². The second kappa shape index (κ2) is 6.36. The second-order valence-corrected chi connectivity index (χ2v) is 4.94. The minimum atomic E-state index is -0.980. The van der Waals surface area contributed by atoms with Crippen LogP contribution in [0.5, 0.6) is 0 Å². The molecule has 2 rings (SSSR count). The Kier molecular flexibility index (Phi) is 4.54. The third kappa shape index (κ3) is 4.22. The fourth-order valence-electron chi connectivity index (χ4n) is 1.88. The fourth-order valence-corrected chi connectivity index (χ4v) is 1.88. The van der Waals surface area contributed by atoms with Gasteiger partial charge in [0.15, 0.2) is 0 Å². The number of carbonyl (C=O) groups is 2. The van der Waals surface area contributed by atoms with Crippen LogP contribution >= 0.6 is 0 Å². The summed E-state index contributed by atoms with van der Waals surface area (Å²) in [4.78, 5) is 24.3. The molecule has 0 spiro atoms. The van der Waals surface area contributed by atoms with Crippen molar-refractivity contribution in [2.24, 2.45) is 5.92 Å². The van der Waals surface area contributed by atoms with Crippen LogP contribution in [0.25, 0.3) is 0 Å². The number of carboxylic acids is 1. The summed E-state index contributed by atoms with van der Waals surface area (Å²) in [6, 6.07) is -0.118. The van der Waals surface area contributed by atoms with Gasteiger partial charge >= 0.3 is 12.0 Å². The van der Waals surface area contributed by atoms with Crippen molar-refractivity contribution in [2.45, 2.75) is 32.9 Å². The van der Waals surface area contributed by atoms with E-state index in [2.05, 4.69) is 15.6 Å². The summed E-state index contributed by atoms with van der Waals surface area (Å²) in [5.74, 6) is -0.329. The minimum Gasteiger partial charge on any atom is -0.480 e. The molecule has 0 bridgehead atoms. The summed E-state index contributed by atoms with van der Waals surface area (Å²) < 4.78 is 1.23. The number of hydrogen-bond acceptors (Lipinski definition) is 4. The van der Waals surface area contributed by atoms with Gasteiger partial charge in [-0.15, -0.1) is 5.10 Å². The molecule has 1 aliphatic carbocycles. The van der Waals surface area contributed by atoms with Crippen LogP contribution in [-0.4, -0.2) is 50.1 Å². The van der Waals surface area contributed by atoms with Crippen LogP contribution < -0.4 is 5.32 Å². The SMILES string of the molecule is CCN(CC1CC1)C(=O)NCc1cn(CC(=O)O)nn1. The highest BCUT2D eigenvalue weighted by atomic mass is 16.4. The molecule has 1 heterocycles. The lowest BCUT2D eigenvalue weighted by Gasteiger charge is -2.20. The van der Waals surface area contributed by atoms with Crippen LogP contribution in [0, 0.1) is 5.92 Å². The van der Waals surface area contributed by atoms with Crippen molar-refractivity contribution in [2.75, 3.05) is 13.1 Å². The smallest absolute Gasteiger partial charge is 0.325 e. The van der Waals surface area contributed by atoms with Gasteiger partial charge in [0.2, 0.25) is 0 Å². The van der Waals surface area contributed by atoms with E-state index in [4.69, 9.17) is 5.11 Å². The van der Waals surface area contributed by atoms with Crippen LogP contribution in [0.1, 0.15) is 25.5 Å². The van der Waals surface area contributed by atoms with Crippen LogP contribution in [-0.2, 0) is 17.9 Å². The van der Waals surface area contributed by atoms with E-state index in [0.29, 0.717) is 18.2 Å². The van der Waals surface area contributed by atoms with Gasteiger partial charge in [-0.3, -0.25) is 4.79 Å². The molecule has 1 saturated carbocycles. The quantitative estimate of drug-likeness (QED) is 0.749. The highest BCUT2D eigenvalue weighted by Crippen LogP contribution is 2.29. The summed E-state index contributed by atoms with van der Waals surface area (Å²) in [7, 11) is 0. The monoisotopic (exact) mass is 281 g/mol. The molecule has 0 radical (unpaired) electrons. The topological polar surface area (TPSA) is 100 Å². The van der Waals surface area contributed by atoms with Gasteiger partial charge in [-0.1, -0.05) is 5.21 Å². The van der Waals surface area contributed by atoms with E-state index in [0.717, 1.165) is 6.54 Å². The van der Waals surface area contributed by atoms with E-state index >= 15 is 0 Å². The van der Waals surface area contributed by atoms with E-state index < -0.39 is 5.97 Å². The van der Waals surface area contributed by atoms with Crippen molar-refractivity contribution in [3.8, 4) is 0 Å². The number of nitrogens with one attached hydrogen (secondary N) is 1. The number of rotatable bonds is 7. The van der Waals surface area contributed by atoms with Crippen molar-refractivity contribution in [3.63, 3.8) is 0 Å². The van der Waals surface area contributed by atoms with Gasteiger partial charge in [-0.05, 0) is 25.7 Å². The fraction of sp³-hybridized carbons (Fsp3) is 0.667. The minimum absolute atomic E-state index is 0.118. The zero-order chi connectivity index (χ0) is 14.5. The number of carbonyl (C=O) groups excluding carboxylic acids is 1. The molecule has 1 aromatic heterocycles. The second-order valence-electron chi connectivity index (χ2n) is 4.94. The molecule has 0 unspecified atom stereocenters. The van der Waals surface area contributed by atoms with E-state index in [1.54, 1.807) is 4.90 Å². The van der Waals surface area contributed by atoms with Gasteiger partial charge in [0, 0.05) is 13.1 Å². The first-order valence-corrected chi connectivity index (χ1v) is 6.72. The maximum Gasteiger partial charge on any atom is 0.325 e. The van der Waals surface area contributed by atoms with Gasteiger partial charge in [0.25, 0.3) is 0 Å². The van der Waals surface area contributed by atoms with Crippen molar-refractivity contribution >= 4 is 12.0 Å². The number of hydrogen-bond donors (Lipinski definition) is 2. The highest BCUT2D eigenvalue weighted by molar-refractivity contribution is 5.74. The zero-order valence-electron chi connectivity index (χ0n) is 11.4. The van der Waals surface area contributed by atoms with Crippen LogP contribution in [0.2, 0.25) is 0 Å². The molecule has 8 nitrogen and oxygen atoms in total. The van der Waals surface area contributed by atoms with E-state index in [1.807, 2.05) is 6.92 Å². The third-order valence-electron chi connectivity index (χ3n) is 3.15. The van der Waals surface area contributed by atoms with Crippen LogP contribution in [0.3, 0.4) is 0 Å². The lowest BCUT2D eigenvalue weighted by molar-refractivity contribution is -0.137. The third-order valence-corrected chi connectivity index (χ3v) is 3.15. The molecule has 0 aromatic carbocycles. The van der Waals surface area contributed by atoms with E-state index in [-0.39, 0.29) is 19.1 Å².